The molecular formula is C6H4NNaO5S. The molecule has 1 N–H and O–H groups in total. The first-order valence-electron chi connectivity index (χ1n) is 3.09. The SMILES string of the molecule is O=[N+]([O-])c1cc(S(=O)[O-])ccc1O.[Na+]. The summed E-state index contributed by atoms with van der Waals surface area (Å²) >= 11 is -2.53. The fourth-order valence-corrected chi connectivity index (χ4v) is 1.14. The first-order valence-corrected chi connectivity index (χ1v) is 4.16. The van der Waals surface area contributed by atoms with Crippen molar-refractivity contribution in [2.45, 2.75) is 4.90 Å². The van der Waals surface area contributed by atoms with E-state index in [2.05, 4.69) is 0 Å². The first-order chi connectivity index (χ1) is 6.02. The molecule has 70 valence electrons. The molecule has 1 aromatic carbocycles. The number of phenols is 1. The van der Waals surface area contributed by atoms with Gasteiger partial charge in [-0.1, -0.05) is 0 Å². The predicted octanol–water partition coefficient (Wildman–Crippen LogP) is -2.46. The number of nitro benzene ring substituents is 1. The molecule has 1 aromatic rings. The Hall–Kier alpha value is -0.470. The molecule has 0 radical (unpaired) electrons. The summed E-state index contributed by atoms with van der Waals surface area (Å²) in [5, 5.41) is 19.2. The zero-order valence-electron chi connectivity index (χ0n) is 7.17. The van der Waals surface area contributed by atoms with Crippen LogP contribution in [0.25, 0.3) is 0 Å². The first kappa shape index (κ1) is 13.5. The maximum atomic E-state index is 10.4. The van der Waals surface area contributed by atoms with Gasteiger partial charge in [-0.05, 0) is 23.2 Å². The van der Waals surface area contributed by atoms with Crippen molar-refractivity contribution >= 4 is 16.8 Å². The van der Waals surface area contributed by atoms with Crippen LogP contribution in [0.5, 0.6) is 5.75 Å². The van der Waals surface area contributed by atoms with Crippen LogP contribution >= 0.6 is 0 Å². The number of hydrogen-bond donors (Lipinski definition) is 1. The van der Waals surface area contributed by atoms with Crippen molar-refractivity contribution in [3.63, 3.8) is 0 Å². The second-order valence-corrected chi connectivity index (χ2v) is 3.08. The Bertz CT molecular complexity index is 382. The van der Waals surface area contributed by atoms with Gasteiger partial charge in [0.25, 0.3) is 0 Å². The largest absolute Gasteiger partial charge is 1.00 e. The molecule has 14 heavy (non-hydrogen) atoms. The summed E-state index contributed by atoms with van der Waals surface area (Å²) in [5.74, 6) is -0.556. The van der Waals surface area contributed by atoms with Crippen LogP contribution in [0, 0.1) is 10.1 Å². The molecule has 1 atom stereocenters. The standard InChI is InChI=1S/C6H5NO5S.Na/c8-6-2-1-4(13(11)12)3-5(6)7(9)10;/h1-3,8H,(H,11,12);/q;+1/p-1. The van der Waals surface area contributed by atoms with Crippen LogP contribution in [0.2, 0.25) is 0 Å². The second kappa shape index (κ2) is 5.42. The van der Waals surface area contributed by atoms with Crippen LogP contribution in [0.1, 0.15) is 0 Å². The van der Waals surface area contributed by atoms with Gasteiger partial charge < -0.3 is 9.66 Å². The van der Waals surface area contributed by atoms with E-state index in [4.69, 9.17) is 5.11 Å². The monoisotopic (exact) mass is 225 g/mol. The van der Waals surface area contributed by atoms with E-state index in [1.165, 1.54) is 0 Å². The summed E-state index contributed by atoms with van der Waals surface area (Å²) < 4.78 is 20.8. The van der Waals surface area contributed by atoms with Crippen LogP contribution in [0.3, 0.4) is 0 Å². The Labute approximate surface area is 104 Å². The summed E-state index contributed by atoms with van der Waals surface area (Å²) in [4.78, 5) is 9.15. The van der Waals surface area contributed by atoms with Crippen molar-refractivity contribution in [1.29, 1.82) is 0 Å². The van der Waals surface area contributed by atoms with E-state index >= 15 is 0 Å². The van der Waals surface area contributed by atoms with Gasteiger partial charge in [0, 0.05) is 11.0 Å². The molecule has 0 aromatic heterocycles. The van der Waals surface area contributed by atoms with Crippen molar-refractivity contribution < 1.29 is 48.3 Å². The minimum atomic E-state index is -2.53. The summed E-state index contributed by atoms with van der Waals surface area (Å²) in [7, 11) is 0. The molecule has 0 saturated carbocycles. The quantitative estimate of drug-likeness (QED) is 0.260. The number of aromatic hydroxyl groups is 1. The smallest absolute Gasteiger partial charge is 0.768 e. The molecule has 0 fully saturated rings. The van der Waals surface area contributed by atoms with Crippen molar-refractivity contribution in [2.24, 2.45) is 0 Å². The van der Waals surface area contributed by atoms with Crippen LogP contribution in [-0.4, -0.2) is 18.8 Å². The third kappa shape index (κ3) is 3.03. The van der Waals surface area contributed by atoms with E-state index in [1.807, 2.05) is 0 Å². The molecule has 0 saturated heterocycles. The number of rotatable bonds is 2. The molecule has 0 aliphatic heterocycles. The molecule has 0 aliphatic rings. The van der Waals surface area contributed by atoms with Gasteiger partial charge in [0.1, 0.15) is 0 Å². The number of nitrogens with zero attached hydrogens (tertiary/aromatic N) is 1. The Morgan fingerprint density at radius 1 is 1.43 bits per heavy atom. The van der Waals surface area contributed by atoms with Gasteiger partial charge >= 0.3 is 35.2 Å². The van der Waals surface area contributed by atoms with Crippen LogP contribution < -0.4 is 29.6 Å². The Morgan fingerprint density at radius 3 is 2.43 bits per heavy atom. The van der Waals surface area contributed by atoms with Gasteiger partial charge in [0.15, 0.2) is 5.75 Å². The fourth-order valence-electron chi connectivity index (χ4n) is 0.753. The third-order valence-electron chi connectivity index (χ3n) is 1.34. The molecule has 1 unspecified atom stereocenters. The van der Waals surface area contributed by atoms with Crippen LogP contribution in [0.4, 0.5) is 5.69 Å². The van der Waals surface area contributed by atoms with Crippen LogP contribution in [-0.2, 0) is 11.1 Å². The number of hydrogen-bond acceptors (Lipinski definition) is 5. The Morgan fingerprint density at radius 2 is 2.00 bits per heavy atom. The maximum absolute atomic E-state index is 10.4. The number of phenolic OH excluding ortho intramolecular Hbond substituents is 1. The van der Waals surface area contributed by atoms with E-state index in [0.717, 1.165) is 18.2 Å². The molecular weight excluding hydrogens is 221 g/mol. The van der Waals surface area contributed by atoms with E-state index in [1.54, 1.807) is 0 Å². The van der Waals surface area contributed by atoms with E-state index in [0.29, 0.717) is 0 Å². The molecule has 0 spiro atoms. The fraction of sp³-hybridized carbons (Fsp3) is 0. The van der Waals surface area contributed by atoms with E-state index in [9.17, 15) is 18.9 Å². The maximum Gasteiger partial charge on any atom is 1.00 e. The zero-order valence-corrected chi connectivity index (χ0v) is 9.98. The van der Waals surface area contributed by atoms with Gasteiger partial charge in [0.05, 0.1) is 4.92 Å². The van der Waals surface area contributed by atoms with Crippen molar-refractivity contribution in [3.05, 3.63) is 28.3 Å². The normalized spacial score (nSPS) is 11.5. The molecule has 0 amide bonds. The number of benzene rings is 1. The van der Waals surface area contributed by atoms with Gasteiger partial charge in [0.2, 0.25) is 0 Å². The summed E-state index contributed by atoms with van der Waals surface area (Å²) in [6, 6.07) is 2.83. The molecule has 0 heterocycles. The molecule has 0 bridgehead atoms. The predicted molar refractivity (Wildman–Crippen MR) is 41.9 cm³/mol. The molecule has 6 nitrogen and oxygen atoms in total. The van der Waals surface area contributed by atoms with Gasteiger partial charge in [-0.15, -0.1) is 0 Å². The minimum absolute atomic E-state index is 0. The zero-order chi connectivity index (χ0) is 10.0. The van der Waals surface area contributed by atoms with Gasteiger partial charge in [-0.2, -0.15) is 0 Å². The van der Waals surface area contributed by atoms with Crippen molar-refractivity contribution in [1.82, 2.24) is 0 Å². The topological polar surface area (TPSA) is 104 Å². The van der Waals surface area contributed by atoms with Crippen molar-refractivity contribution in [3.8, 4) is 5.75 Å². The van der Waals surface area contributed by atoms with Crippen LogP contribution in [0.15, 0.2) is 23.1 Å². The molecule has 1 rings (SSSR count). The van der Waals surface area contributed by atoms with Crippen molar-refractivity contribution in [2.75, 3.05) is 0 Å². The average Bonchev–Trinajstić information content (AvgIpc) is 2.04. The summed E-state index contributed by atoms with van der Waals surface area (Å²) in [6.07, 6.45) is 0. The number of nitro groups is 1. The van der Waals surface area contributed by atoms with Gasteiger partial charge in [-0.3, -0.25) is 14.3 Å². The second-order valence-electron chi connectivity index (χ2n) is 2.14. The summed E-state index contributed by atoms with van der Waals surface area (Å²) in [6.45, 7) is 0. The van der Waals surface area contributed by atoms with E-state index < -0.39 is 27.4 Å². The minimum Gasteiger partial charge on any atom is -0.768 e. The Balaban J connectivity index is 0.00000169. The third-order valence-corrected chi connectivity index (χ3v) is 1.97. The van der Waals surface area contributed by atoms with E-state index in [-0.39, 0.29) is 34.5 Å². The Kier molecular flexibility index (Phi) is 5.24. The average molecular weight is 225 g/mol. The van der Waals surface area contributed by atoms with Gasteiger partial charge in [-0.25, -0.2) is 0 Å². The molecule has 0 aliphatic carbocycles. The molecule has 8 heteroatoms. The summed E-state index contributed by atoms with van der Waals surface area (Å²) in [5.41, 5.74) is -0.623.